The van der Waals surface area contributed by atoms with Crippen molar-refractivity contribution in [2.75, 3.05) is 0 Å². The number of hydrogen-bond acceptors (Lipinski definition) is 3. The van der Waals surface area contributed by atoms with Crippen LogP contribution in [0.15, 0.2) is 39.6 Å². The van der Waals surface area contributed by atoms with Crippen LogP contribution in [0.25, 0.3) is 0 Å². The summed E-state index contributed by atoms with van der Waals surface area (Å²) in [5.41, 5.74) is 1.69. The lowest BCUT2D eigenvalue weighted by molar-refractivity contribution is 0.0695. The monoisotopic (exact) mass is 304 g/mol. The number of benzene rings is 1. The zero-order chi connectivity index (χ0) is 15.6. The van der Waals surface area contributed by atoms with E-state index in [2.05, 4.69) is 45.0 Å². The minimum atomic E-state index is -0.943. The van der Waals surface area contributed by atoms with Crippen molar-refractivity contribution < 1.29 is 14.3 Å². The summed E-state index contributed by atoms with van der Waals surface area (Å²) < 4.78 is 5.47. The molecule has 2 rings (SSSR count). The third kappa shape index (κ3) is 3.91. The van der Waals surface area contributed by atoms with Gasteiger partial charge in [-0.3, -0.25) is 0 Å². The van der Waals surface area contributed by atoms with E-state index in [1.54, 1.807) is 24.8 Å². The van der Waals surface area contributed by atoms with Crippen molar-refractivity contribution in [2.24, 2.45) is 0 Å². The van der Waals surface area contributed by atoms with Crippen LogP contribution in [-0.4, -0.2) is 11.1 Å². The van der Waals surface area contributed by atoms with Crippen molar-refractivity contribution in [3.05, 3.63) is 53.0 Å². The quantitative estimate of drug-likeness (QED) is 0.818. The average Bonchev–Trinajstić information content (AvgIpc) is 2.77. The Bertz CT molecular complexity index is 633. The van der Waals surface area contributed by atoms with E-state index in [0.29, 0.717) is 17.3 Å². The standard InChI is InChI=1S/C17H20O3S/c1-11-15(16(18)19)9-13(20-11)10-21-14-7-5-12(6-8-14)17(2,3)4/h5-9H,10H2,1-4H3,(H,18,19). The summed E-state index contributed by atoms with van der Waals surface area (Å²) >= 11 is 1.64. The molecule has 21 heavy (non-hydrogen) atoms. The maximum absolute atomic E-state index is 11.0. The first-order valence-corrected chi connectivity index (χ1v) is 7.82. The molecule has 0 bridgehead atoms. The number of carboxylic acids is 1. The van der Waals surface area contributed by atoms with Gasteiger partial charge < -0.3 is 9.52 Å². The molecule has 1 N–H and O–H groups in total. The summed E-state index contributed by atoms with van der Waals surface area (Å²) in [5, 5.41) is 9.00. The largest absolute Gasteiger partial charge is 0.478 e. The van der Waals surface area contributed by atoms with Crippen LogP contribution in [0, 0.1) is 6.92 Å². The lowest BCUT2D eigenvalue weighted by atomic mass is 9.87. The van der Waals surface area contributed by atoms with Crippen LogP contribution in [0.2, 0.25) is 0 Å². The van der Waals surface area contributed by atoms with Gasteiger partial charge >= 0.3 is 5.97 Å². The molecule has 0 saturated carbocycles. The van der Waals surface area contributed by atoms with Gasteiger partial charge in [-0.05, 0) is 36.1 Å². The summed E-state index contributed by atoms with van der Waals surface area (Å²) in [7, 11) is 0. The molecule has 0 spiro atoms. The highest BCUT2D eigenvalue weighted by molar-refractivity contribution is 7.98. The molecule has 4 heteroatoms. The van der Waals surface area contributed by atoms with Gasteiger partial charge in [0.05, 0.1) is 5.75 Å². The maximum atomic E-state index is 11.0. The summed E-state index contributed by atoms with van der Waals surface area (Å²) in [6, 6.07) is 10.1. The molecule has 1 aromatic heterocycles. The Morgan fingerprint density at radius 3 is 2.33 bits per heavy atom. The fraction of sp³-hybridized carbons (Fsp3) is 0.353. The second-order valence-corrected chi connectivity index (χ2v) is 7.10. The van der Waals surface area contributed by atoms with Crippen molar-refractivity contribution in [3.63, 3.8) is 0 Å². The molecule has 0 saturated heterocycles. The first kappa shape index (κ1) is 15.7. The van der Waals surface area contributed by atoms with Gasteiger partial charge in [-0.15, -0.1) is 11.8 Å². The SMILES string of the molecule is Cc1oc(CSc2ccc(C(C)(C)C)cc2)cc1C(=O)O. The topological polar surface area (TPSA) is 50.4 Å². The minimum Gasteiger partial charge on any atom is -0.478 e. The number of aryl methyl sites for hydroxylation is 1. The predicted octanol–water partition coefficient (Wildman–Crippen LogP) is 4.88. The summed E-state index contributed by atoms with van der Waals surface area (Å²) in [6.45, 7) is 8.24. The summed E-state index contributed by atoms with van der Waals surface area (Å²) in [6.07, 6.45) is 0. The molecule has 0 aliphatic heterocycles. The van der Waals surface area contributed by atoms with Crippen molar-refractivity contribution >= 4 is 17.7 Å². The molecule has 0 fully saturated rings. The van der Waals surface area contributed by atoms with E-state index < -0.39 is 5.97 Å². The Morgan fingerprint density at radius 1 is 1.24 bits per heavy atom. The van der Waals surface area contributed by atoms with Crippen LogP contribution in [0.1, 0.15) is 48.2 Å². The molecule has 2 aromatic rings. The van der Waals surface area contributed by atoms with E-state index in [9.17, 15) is 4.79 Å². The predicted molar refractivity (Wildman–Crippen MR) is 85.1 cm³/mol. The number of hydrogen-bond donors (Lipinski definition) is 1. The second-order valence-electron chi connectivity index (χ2n) is 6.05. The zero-order valence-corrected chi connectivity index (χ0v) is 13.6. The van der Waals surface area contributed by atoms with Gasteiger partial charge in [-0.1, -0.05) is 32.9 Å². The number of aromatic carboxylic acids is 1. The highest BCUT2D eigenvalue weighted by atomic mass is 32.2. The number of carboxylic acid groups (broad SMARTS) is 1. The lowest BCUT2D eigenvalue weighted by Gasteiger charge is -2.18. The number of rotatable bonds is 4. The molecule has 1 heterocycles. The van der Waals surface area contributed by atoms with Crippen molar-refractivity contribution in [1.82, 2.24) is 0 Å². The molecule has 112 valence electrons. The Kier molecular flexibility index (Phi) is 4.47. The van der Waals surface area contributed by atoms with E-state index in [0.717, 1.165) is 4.90 Å². The Balaban J connectivity index is 2.03. The van der Waals surface area contributed by atoms with Gasteiger partial charge in [-0.2, -0.15) is 0 Å². The normalized spacial score (nSPS) is 11.6. The van der Waals surface area contributed by atoms with Gasteiger partial charge in [0, 0.05) is 4.90 Å². The highest BCUT2D eigenvalue weighted by Gasteiger charge is 2.15. The van der Waals surface area contributed by atoms with E-state index in [1.807, 2.05) is 0 Å². The average molecular weight is 304 g/mol. The number of carbonyl (C=O) groups is 1. The van der Waals surface area contributed by atoms with E-state index in [-0.39, 0.29) is 11.0 Å². The number of thioether (sulfide) groups is 1. The van der Waals surface area contributed by atoms with Gasteiger partial charge in [-0.25, -0.2) is 4.79 Å². The zero-order valence-electron chi connectivity index (χ0n) is 12.8. The molecule has 0 aliphatic rings. The van der Waals surface area contributed by atoms with Gasteiger partial charge in [0.2, 0.25) is 0 Å². The molecule has 0 unspecified atom stereocenters. The molecule has 0 amide bonds. The van der Waals surface area contributed by atoms with E-state index in [1.165, 1.54) is 5.56 Å². The molecule has 1 aromatic carbocycles. The van der Waals surface area contributed by atoms with Crippen LogP contribution in [0.5, 0.6) is 0 Å². The maximum Gasteiger partial charge on any atom is 0.339 e. The number of furan rings is 1. The molecule has 0 radical (unpaired) electrons. The smallest absolute Gasteiger partial charge is 0.339 e. The van der Waals surface area contributed by atoms with Crippen molar-refractivity contribution in [2.45, 2.75) is 43.8 Å². The van der Waals surface area contributed by atoms with Crippen LogP contribution in [0.3, 0.4) is 0 Å². The fourth-order valence-electron chi connectivity index (χ4n) is 2.03. The Hall–Kier alpha value is -1.68. The van der Waals surface area contributed by atoms with Crippen molar-refractivity contribution in [3.8, 4) is 0 Å². The molecule has 0 aliphatic carbocycles. The first-order valence-electron chi connectivity index (χ1n) is 6.83. The summed E-state index contributed by atoms with van der Waals surface area (Å²) in [5.74, 6) is 0.834. The summed E-state index contributed by atoms with van der Waals surface area (Å²) in [4.78, 5) is 12.1. The first-order chi connectivity index (χ1) is 9.77. The van der Waals surface area contributed by atoms with E-state index in [4.69, 9.17) is 9.52 Å². The third-order valence-corrected chi connectivity index (χ3v) is 4.34. The lowest BCUT2D eigenvalue weighted by Crippen LogP contribution is -2.10. The molecule has 3 nitrogen and oxygen atoms in total. The fourth-order valence-corrected chi connectivity index (χ4v) is 2.81. The van der Waals surface area contributed by atoms with E-state index >= 15 is 0 Å². The van der Waals surface area contributed by atoms with Gasteiger partial charge in [0.15, 0.2) is 0 Å². The van der Waals surface area contributed by atoms with Gasteiger partial charge in [0.25, 0.3) is 0 Å². The van der Waals surface area contributed by atoms with Crippen molar-refractivity contribution in [1.29, 1.82) is 0 Å². The van der Waals surface area contributed by atoms with Crippen LogP contribution in [-0.2, 0) is 11.2 Å². The van der Waals surface area contributed by atoms with Crippen LogP contribution < -0.4 is 0 Å². The van der Waals surface area contributed by atoms with Crippen LogP contribution in [0.4, 0.5) is 0 Å². The van der Waals surface area contributed by atoms with Crippen LogP contribution >= 0.6 is 11.8 Å². The second kappa shape index (κ2) is 5.98. The Morgan fingerprint density at radius 2 is 1.86 bits per heavy atom. The minimum absolute atomic E-state index is 0.151. The molecular formula is C17H20O3S. The molecular weight excluding hydrogens is 284 g/mol. The third-order valence-electron chi connectivity index (χ3n) is 3.30. The van der Waals surface area contributed by atoms with Gasteiger partial charge in [0.1, 0.15) is 17.1 Å². The molecule has 0 atom stereocenters. The Labute approximate surface area is 129 Å². The highest BCUT2D eigenvalue weighted by Crippen LogP contribution is 2.28.